The molecule has 30 heavy (non-hydrogen) atoms. The summed E-state index contributed by atoms with van der Waals surface area (Å²) in [4.78, 5) is 12.0. The third-order valence-corrected chi connectivity index (χ3v) is 5.61. The summed E-state index contributed by atoms with van der Waals surface area (Å²) < 4.78 is 5.92. The number of hydrogen-bond acceptors (Lipinski definition) is 4. The topological polar surface area (TPSA) is 96.3 Å². The van der Waals surface area contributed by atoms with E-state index in [0.29, 0.717) is 29.3 Å². The van der Waals surface area contributed by atoms with Gasteiger partial charge < -0.3 is 15.6 Å². The Balaban J connectivity index is 0.00000256. The van der Waals surface area contributed by atoms with Crippen molar-refractivity contribution in [2.75, 3.05) is 6.54 Å². The fourth-order valence-corrected chi connectivity index (χ4v) is 4.09. The van der Waals surface area contributed by atoms with Crippen molar-refractivity contribution in [3.8, 4) is 11.8 Å². The van der Waals surface area contributed by atoms with Crippen LogP contribution in [0.25, 0.3) is 10.8 Å². The van der Waals surface area contributed by atoms with Crippen molar-refractivity contribution in [3.63, 3.8) is 0 Å². The molecule has 2 unspecified atom stereocenters. The Kier molecular flexibility index (Phi) is 6.61. The summed E-state index contributed by atoms with van der Waals surface area (Å²) in [6, 6.07) is 18.6. The minimum absolute atomic E-state index is 0. The van der Waals surface area contributed by atoms with E-state index >= 15 is 0 Å². The van der Waals surface area contributed by atoms with Crippen molar-refractivity contribution in [2.45, 2.75) is 31.3 Å². The molecule has 0 aromatic heterocycles. The second-order valence-electron chi connectivity index (χ2n) is 7.45. The number of hydrogen-bond donors (Lipinski definition) is 2. The SMILES string of the molecule is Cl.N#Cc1ccc2cc(C(Oc3ccc4c(c3)C(CN)CCC4)C(=O)O)ccc2c1. The highest BCUT2D eigenvalue weighted by Gasteiger charge is 2.24. The monoisotopic (exact) mass is 422 g/mol. The van der Waals surface area contributed by atoms with Crippen LogP contribution in [-0.2, 0) is 11.2 Å². The zero-order valence-corrected chi connectivity index (χ0v) is 17.2. The number of carboxylic acid groups (broad SMARTS) is 1. The van der Waals surface area contributed by atoms with E-state index in [1.54, 1.807) is 24.3 Å². The fourth-order valence-electron chi connectivity index (χ4n) is 4.09. The lowest BCUT2D eigenvalue weighted by molar-refractivity contribution is -0.145. The first kappa shape index (κ1) is 21.6. The summed E-state index contributed by atoms with van der Waals surface area (Å²) in [6.45, 7) is 0.578. The molecule has 0 saturated heterocycles. The average Bonchev–Trinajstić information content (AvgIpc) is 2.76. The summed E-state index contributed by atoms with van der Waals surface area (Å²) in [5.74, 6) is -0.219. The molecule has 5 nitrogen and oxygen atoms in total. The molecule has 0 fully saturated rings. The zero-order chi connectivity index (χ0) is 20.4. The van der Waals surface area contributed by atoms with E-state index in [-0.39, 0.29) is 12.4 Å². The number of halogens is 1. The second kappa shape index (κ2) is 9.17. The number of fused-ring (bicyclic) bond motifs is 2. The molecule has 0 heterocycles. The Bertz CT molecular complexity index is 1120. The van der Waals surface area contributed by atoms with E-state index in [0.717, 1.165) is 30.0 Å². The molecule has 3 N–H and O–H groups in total. The van der Waals surface area contributed by atoms with Crippen molar-refractivity contribution in [1.82, 2.24) is 0 Å². The highest BCUT2D eigenvalue weighted by atomic mass is 35.5. The van der Waals surface area contributed by atoms with Crippen molar-refractivity contribution in [3.05, 3.63) is 76.9 Å². The number of benzene rings is 3. The fraction of sp³-hybridized carbons (Fsp3) is 0.250. The number of carboxylic acids is 1. The normalized spacial score (nSPS) is 16.1. The van der Waals surface area contributed by atoms with Crippen LogP contribution in [0, 0.1) is 11.3 Å². The molecule has 1 aliphatic rings. The van der Waals surface area contributed by atoms with E-state index in [9.17, 15) is 9.90 Å². The lowest BCUT2D eigenvalue weighted by Crippen LogP contribution is -2.20. The first-order valence-electron chi connectivity index (χ1n) is 9.75. The molecule has 4 rings (SSSR count). The van der Waals surface area contributed by atoms with E-state index in [4.69, 9.17) is 15.7 Å². The van der Waals surface area contributed by atoms with Crippen molar-refractivity contribution < 1.29 is 14.6 Å². The van der Waals surface area contributed by atoms with E-state index < -0.39 is 12.1 Å². The Morgan fingerprint density at radius 2 is 1.93 bits per heavy atom. The zero-order valence-electron chi connectivity index (χ0n) is 16.4. The first-order chi connectivity index (χ1) is 14.1. The van der Waals surface area contributed by atoms with Crippen LogP contribution in [0.1, 0.15) is 47.1 Å². The van der Waals surface area contributed by atoms with E-state index in [1.807, 2.05) is 30.3 Å². The first-order valence-corrected chi connectivity index (χ1v) is 9.75. The van der Waals surface area contributed by atoms with Gasteiger partial charge in [0.05, 0.1) is 11.6 Å². The van der Waals surface area contributed by atoms with Gasteiger partial charge in [0, 0.05) is 5.56 Å². The van der Waals surface area contributed by atoms with Crippen LogP contribution in [0.2, 0.25) is 0 Å². The Hall–Kier alpha value is -3.07. The van der Waals surface area contributed by atoms with Gasteiger partial charge in [0.15, 0.2) is 0 Å². The predicted molar refractivity (Wildman–Crippen MR) is 118 cm³/mol. The number of ether oxygens (including phenoxy) is 1. The summed E-state index contributed by atoms with van der Waals surface area (Å²) in [5, 5.41) is 20.6. The lowest BCUT2D eigenvalue weighted by Gasteiger charge is -2.25. The Morgan fingerprint density at radius 1 is 1.17 bits per heavy atom. The summed E-state index contributed by atoms with van der Waals surface area (Å²) in [6.07, 6.45) is 2.07. The van der Waals surface area contributed by atoms with Crippen LogP contribution in [0.15, 0.2) is 54.6 Å². The number of rotatable bonds is 5. The van der Waals surface area contributed by atoms with Gasteiger partial charge in [-0.15, -0.1) is 12.4 Å². The van der Waals surface area contributed by atoms with E-state index in [1.165, 1.54) is 11.1 Å². The van der Waals surface area contributed by atoms with Crippen LogP contribution in [0.4, 0.5) is 0 Å². The molecule has 0 radical (unpaired) electrons. The van der Waals surface area contributed by atoms with Gasteiger partial charge in [0.2, 0.25) is 6.10 Å². The molecule has 154 valence electrons. The maximum atomic E-state index is 12.0. The maximum absolute atomic E-state index is 12.0. The number of aliphatic carboxylic acids is 1. The van der Waals surface area contributed by atoms with Crippen LogP contribution < -0.4 is 10.5 Å². The maximum Gasteiger partial charge on any atom is 0.349 e. The third kappa shape index (κ3) is 4.25. The minimum Gasteiger partial charge on any atom is -0.478 e. The van der Waals surface area contributed by atoms with Gasteiger partial charge in [-0.3, -0.25) is 0 Å². The number of carbonyl (C=O) groups is 1. The summed E-state index contributed by atoms with van der Waals surface area (Å²) >= 11 is 0. The van der Waals surface area contributed by atoms with Crippen LogP contribution in [0.5, 0.6) is 5.75 Å². The highest BCUT2D eigenvalue weighted by molar-refractivity contribution is 5.86. The molecule has 2 atom stereocenters. The molecular weight excluding hydrogens is 400 g/mol. The third-order valence-electron chi connectivity index (χ3n) is 5.61. The molecule has 0 spiro atoms. The number of nitrogens with two attached hydrogens (primary N) is 1. The molecular formula is C24H23ClN2O3. The summed E-state index contributed by atoms with van der Waals surface area (Å²) in [5.41, 5.74) is 9.49. The van der Waals surface area contributed by atoms with Crippen LogP contribution in [0.3, 0.4) is 0 Å². The average molecular weight is 423 g/mol. The van der Waals surface area contributed by atoms with Gasteiger partial charge in [-0.05, 0) is 84.0 Å². The lowest BCUT2D eigenvalue weighted by atomic mass is 9.83. The van der Waals surface area contributed by atoms with Gasteiger partial charge in [-0.1, -0.05) is 24.3 Å². The van der Waals surface area contributed by atoms with Crippen molar-refractivity contribution >= 4 is 29.1 Å². The molecule has 0 bridgehead atoms. The number of nitriles is 1. The number of nitrogens with zero attached hydrogens (tertiary/aromatic N) is 1. The predicted octanol–water partition coefficient (Wildman–Crippen LogP) is 4.72. The van der Waals surface area contributed by atoms with Crippen molar-refractivity contribution in [2.24, 2.45) is 5.73 Å². The van der Waals surface area contributed by atoms with Crippen LogP contribution >= 0.6 is 12.4 Å². The molecule has 3 aromatic rings. The molecule has 1 aliphatic carbocycles. The van der Waals surface area contributed by atoms with E-state index in [2.05, 4.69) is 6.07 Å². The molecule has 6 heteroatoms. The van der Waals surface area contributed by atoms with Crippen molar-refractivity contribution in [1.29, 1.82) is 5.26 Å². The Morgan fingerprint density at radius 3 is 2.67 bits per heavy atom. The molecule has 0 saturated carbocycles. The van der Waals surface area contributed by atoms with Gasteiger partial charge in [0.25, 0.3) is 0 Å². The van der Waals surface area contributed by atoms with Gasteiger partial charge in [-0.2, -0.15) is 5.26 Å². The largest absolute Gasteiger partial charge is 0.478 e. The Labute approximate surface area is 181 Å². The second-order valence-corrected chi connectivity index (χ2v) is 7.45. The van der Waals surface area contributed by atoms with Gasteiger partial charge in [-0.25, -0.2) is 4.79 Å². The molecule has 0 aliphatic heterocycles. The molecule has 0 amide bonds. The quantitative estimate of drug-likeness (QED) is 0.620. The standard InChI is InChI=1S/C24H22N2O3.ClH/c25-13-15-4-5-18-11-19(7-6-17(18)10-15)23(24(27)28)29-21-9-8-16-2-1-3-20(14-26)22(16)12-21;/h4-12,20,23H,1-3,14,26H2,(H,27,28);1H. The number of aryl methyl sites for hydroxylation is 1. The smallest absolute Gasteiger partial charge is 0.349 e. The highest BCUT2D eigenvalue weighted by Crippen LogP contribution is 2.35. The van der Waals surface area contributed by atoms with Crippen LogP contribution in [-0.4, -0.2) is 17.6 Å². The van der Waals surface area contributed by atoms with Gasteiger partial charge in [0.1, 0.15) is 5.75 Å². The minimum atomic E-state index is -1.12. The summed E-state index contributed by atoms with van der Waals surface area (Å²) in [7, 11) is 0. The molecule has 3 aromatic carbocycles. The van der Waals surface area contributed by atoms with Gasteiger partial charge >= 0.3 is 5.97 Å².